The molecular weight excluding hydrogens is 252 g/mol. The van der Waals surface area contributed by atoms with Gasteiger partial charge in [-0.15, -0.1) is 12.4 Å². The van der Waals surface area contributed by atoms with Gasteiger partial charge in [0.1, 0.15) is 0 Å². The molecule has 1 saturated heterocycles. The molecule has 0 radical (unpaired) electrons. The van der Waals surface area contributed by atoms with Gasteiger partial charge in [0, 0.05) is 13.1 Å². The lowest BCUT2D eigenvalue weighted by atomic mass is 10.1. The van der Waals surface area contributed by atoms with Gasteiger partial charge in [-0.05, 0) is 24.8 Å². The Morgan fingerprint density at radius 1 is 1.24 bits per heavy atom. The van der Waals surface area contributed by atoms with E-state index in [0.29, 0.717) is 0 Å². The Labute approximate surface area is 115 Å². The molecule has 1 aromatic rings. The predicted octanol–water partition coefficient (Wildman–Crippen LogP) is 2.40. The average Bonchev–Trinajstić information content (AvgIpc) is 2.83. The first kappa shape index (κ1) is 14.4. The second kappa shape index (κ2) is 6.94. The minimum absolute atomic E-state index is 0. The highest BCUT2D eigenvalue weighted by molar-refractivity contribution is 7.80. The van der Waals surface area contributed by atoms with Crippen LogP contribution in [-0.4, -0.2) is 29.0 Å². The van der Waals surface area contributed by atoms with Gasteiger partial charge < -0.3 is 10.6 Å². The molecular formula is C13H19ClN2S. The highest BCUT2D eigenvalue weighted by Gasteiger charge is 2.19. The molecule has 1 aromatic carbocycles. The molecule has 0 amide bonds. The van der Waals surface area contributed by atoms with Crippen molar-refractivity contribution >= 4 is 29.6 Å². The van der Waals surface area contributed by atoms with Crippen LogP contribution in [0.25, 0.3) is 0 Å². The Morgan fingerprint density at radius 2 is 1.82 bits per heavy atom. The number of halogens is 1. The fourth-order valence-corrected chi connectivity index (χ4v) is 2.39. The summed E-state index contributed by atoms with van der Waals surface area (Å²) in [5.74, 6) is 0. The summed E-state index contributed by atoms with van der Waals surface area (Å²) in [6, 6.07) is 10.3. The van der Waals surface area contributed by atoms with Crippen molar-refractivity contribution in [3.8, 4) is 0 Å². The summed E-state index contributed by atoms with van der Waals surface area (Å²) in [6.45, 7) is 2.17. The molecule has 0 aliphatic carbocycles. The summed E-state index contributed by atoms with van der Waals surface area (Å²) in [7, 11) is 0. The number of likely N-dealkylation sites (tertiary alicyclic amines) is 1. The Morgan fingerprint density at radius 3 is 2.41 bits per heavy atom. The highest BCUT2D eigenvalue weighted by atomic mass is 35.5. The summed E-state index contributed by atoms with van der Waals surface area (Å²) in [5.41, 5.74) is 7.41. The second-order valence-corrected chi connectivity index (χ2v) is 4.75. The van der Waals surface area contributed by atoms with Gasteiger partial charge in [-0.3, -0.25) is 0 Å². The molecule has 17 heavy (non-hydrogen) atoms. The van der Waals surface area contributed by atoms with Crippen molar-refractivity contribution in [1.82, 2.24) is 4.90 Å². The van der Waals surface area contributed by atoms with Gasteiger partial charge >= 0.3 is 0 Å². The third-order valence-electron chi connectivity index (χ3n) is 3.03. The van der Waals surface area contributed by atoms with E-state index in [4.69, 9.17) is 18.0 Å². The molecule has 94 valence electrons. The van der Waals surface area contributed by atoms with Crippen molar-refractivity contribution in [3.63, 3.8) is 0 Å². The van der Waals surface area contributed by atoms with E-state index in [1.54, 1.807) is 0 Å². The predicted molar refractivity (Wildman–Crippen MR) is 78.8 cm³/mol. The van der Waals surface area contributed by atoms with Crippen LogP contribution >= 0.6 is 24.6 Å². The average molecular weight is 271 g/mol. The van der Waals surface area contributed by atoms with E-state index in [1.807, 2.05) is 18.2 Å². The molecule has 0 saturated carbocycles. The summed E-state index contributed by atoms with van der Waals surface area (Å²) >= 11 is 5.44. The van der Waals surface area contributed by atoms with E-state index in [0.717, 1.165) is 24.5 Å². The maximum atomic E-state index is 6.15. The monoisotopic (exact) mass is 270 g/mol. The van der Waals surface area contributed by atoms with Crippen molar-refractivity contribution in [2.45, 2.75) is 25.3 Å². The number of hydrogen-bond acceptors (Lipinski definition) is 2. The molecule has 1 aliphatic rings. The molecule has 2 nitrogen and oxygen atoms in total. The zero-order chi connectivity index (χ0) is 11.4. The number of benzene rings is 1. The third-order valence-corrected chi connectivity index (χ3v) is 3.59. The smallest absolute Gasteiger partial charge is 0.0952 e. The van der Waals surface area contributed by atoms with Crippen molar-refractivity contribution in [2.75, 3.05) is 13.1 Å². The zero-order valence-electron chi connectivity index (χ0n) is 9.84. The van der Waals surface area contributed by atoms with E-state index in [1.165, 1.54) is 18.4 Å². The number of nitrogens with zero attached hydrogens (tertiary/aromatic N) is 1. The van der Waals surface area contributed by atoms with E-state index >= 15 is 0 Å². The van der Waals surface area contributed by atoms with E-state index in [2.05, 4.69) is 17.0 Å². The van der Waals surface area contributed by atoms with Crippen LogP contribution < -0.4 is 5.73 Å². The summed E-state index contributed by atoms with van der Waals surface area (Å²) in [4.78, 5) is 3.18. The quantitative estimate of drug-likeness (QED) is 0.856. The normalized spacial score (nSPS) is 16.4. The zero-order valence-corrected chi connectivity index (χ0v) is 11.5. The first-order valence-electron chi connectivity index (χ1n) is 5.85. The lowest BCUT2D eigenvalue weighted by molar-refractivity contribution is 0.506. The Kier molecular flexibility index (Phi) is 5.89. The van der Waals surface area contributed by atoms with Crippen molar-refractivity contribution in [1.29, 1.82) is 0 Å². The van der Waals surface area contributed by atoms with Crippen LogP contribution in [0.3, 0.4) is 0 Å². The van der Waals surface area contributed by atoms with E-state index < -0.39 is 0 Å². The maximum Gasteiger partial charge on any atom is 0.0952 e. The van der Waals surface area contributed by atoms with Gasteiger partial charge in [0.05, 0.1) is 11.0 Å². The van der Waals surface area contributed by atoms with Gasteiger partial charge in [0.15, 0.2) is 0 Å². The third kappa shape index (κ3) is 3.95. The van der Waals surface area contributed by atoms with Gasteiger partial charge in [-0.2, -0.15) is 0 Å². The largest absolute Gasteiger partial charge is 0.365 e. The fraction of sp³-hybridized carbons (Fsp3) is 0.462. The summed E-state index contributed by atoms with van der Waals surface area (Å²) < 4.78 is 0. The van der Waals surface area contributed by atoms with E-state index in [9.17, 15) is 0 Å². The Hall–Kier alpha value is -0.640. The van der Waals surface area contributed by atoms with Crippen LogP contribution in [-0.2, 0) is 6.42 Å². The molecule has 1 fully saturated rings. The molecule has 1 atom stereocenters. The second-order valence-electron chi connectivity index (χ2n) is 4.33. The molecule has 0 aromatic heterocycles. The molecule has 0 spiro atoms. The topological polar surface area (TPSA) is 29.3 Å². The molecule has 1 aliphatic heterocycles. The first-order chi connectivity index (χ1) is 7.77. The van der Waals surface area contributed by atoms with Crippen molar-refractivity contribution in [3.05, 3.63) is 35.9 Å². The van der Waals surface area contributed by atoms with Crippen LogP contribution in [0, 0.1) is 0 Å². The van der Waals surface area contributed by atoms with Crippen LogP contribution in [0.15, 0.2) is 30.3 Å². The van der Waals surface area contributed by atoms with E-state index in [-0.39, 0.29) is 18.4 Å². The lowest BCUT2D eigenvalue weighted by Crippen LogP contribution is -2.42. The molecule has 0 bridgehead atoms. The molecule has 2 N–H and O–H groups in total. The molecule has 4 heteroatoms. The molecule has 2 rings (SSSR count). The highest BCUT2D eigenvalue weighted by Crippen LogP contribution is 2.12. The van der Waals surface area contributed by atoms with Gasteiger partial charge in [0.25, 0.3) is 0 Å². The van der Waals surface area contributed by atoms with Crippen molar-refractivity contribution < 1.29 is 0 Å². The lowest BCUT2D eigenvalue weighted by Gasteiger charge is -2.23. The minimum Gasteiger partial charge on any atom is -0.365 e. The van der Waals surface area contributed by atoms with Crippen LogP contribution in [0.1, 0.15) is 18.4 Å². The van der Waals surface area contributed by atoms with Gasteiger partial charge in [0.2, 0.25) is 0 Å². The summed E-state index contributed by atoms with van der Waals surface area (Å²) in [5, 5.41) is 0. The van der Waals surface area contributed by atoms with Crippen LogP contribution in [0.4, 0.5) is 0 Å². The Bertz CT molecular complexity index is 350. The summed E-state index contributed by atoms with van der Waals surface area (Å²) in [6.07, 6.45) is 3.34. The number of nitrogens with two attached hydrogens (primary N) is 1. The number of thiocarbonyl (C=S) groups is 1. The van der Waals surface area contributed by atoms with Gasteiger partial charge in [-0.25, -0.2) is 0 Å². The number of hydrogen-bond donors (Lipinski definition) is 1. The molecule has 1 unspecified atom stereocenters. The van der Waals surface area contributed by atoms with Gasteiger partial charge in [-0.1, -0.05) is 42.5 Å². The maximum absolute atomic E-state index is 6.15. The van der Waals surface area contributed by atoms with Crippen molar-refractivity contribution in [2.24, 2.45) is 5.73 Å². The first-order valence-corrected chi connectivity index (χ1v) is 6.26. The number of rotatable bonds is 3. The van der Waals surface area contributed by atoms with Crippen LogP contribution in [0.5, 0.6) is 0 Å². The minimum atomic E-state index is -0.0181. The molecule has 1 heterocycles. The standard InChI is InChI=1S/C13H18N2S.ClH/c14-12(10-11-6-2-1-3-7-11)13(16)15-8-4-5-9-15;/h1-3,6-7,12H,4-5,8-10,14H2;1H. The van der Waals surface area contributed by atoms with Crippen LogP contribution in [0.2, 0.25) is 0 Å². The SMILES string of the molecule is Cl.NC(Cc1ccccc1)C(=S)N1CCCC1. The Balaban J connectivity index is 0.00000144. The fourth-order valence-electron chi connectivity index (χ4n) is 2.13.